The van der Waals surface area contributed by atoms with Crippen LogP contribution in [0.4, 0.5) is 5.69 Å². The highest BCUT2D eigenvalue weighted by molar-refractivity contribution is 6.23. The Kier molecular flexibility index (Phi) is 6.36. The second-order valence-electron chi connectivity index (χ2n) is 9.35. The van der Waals surface area contributed by atoms with E-state index in [1.165, 1.54) is 4.90 Å². The molecule has 4 heterocycles. The van der Waals surface area contributed by atoms with Gasteiger partial charge in [0.25, 0.3) is 11.8 Å². The monoisotopic (exact) mass is 465 g/mol. The van der Waals surface area contributed by atoms with Crippen LogP contribution in [0.15, 0.2) is 36.7 Å². The van der Waals surface area contributed by atoms with Crippen LogP contribution in [0, 0.1) is 5.92 Å². The van der Waals surface area contributed by atoms with Crippen molar-refractivity contribution in [3.8, 4) is 0 Å². The van der Waals surface area contributed by atoms with Crippen LogP contribution in [0.1, 0.15) is 46.4 Å². The van der Waals surface area contributed by atoms with Crippen molar-refractivity contribution < 1.29 is 19.1 Å². The molecular weight excluding hydrogens is 434 g/mol. The van der Waals surface area contributed by atoms with Crippen molar-refractivity contribution in [1.29, 1.82) is 0 Å². The van der Waals surface area contributed by atoms with Crippen LogP contribution in [0.25, 0.3) is 0 Å². The number of carbonyl (C=O) groups excluding carboxylic acids is 3. The van der Waals surface area contributed by atoms with Gasteiger partial charge in [-0.2, -0.15) is 5.10 Å². The van der Waals surface area contributed by atoms with E-state index in [0.29, 0.717) is 50.5 Å². The number of likely N-dealkylation sites (N-methyl/N-ethyl adjacent to an activating group) is 1. The Labute approximate surface area is 199 Å². The van der Waals surface area contributed by atoms with Crippen molar-refractivity contribution in [1.82, 2.24) is 19.6 Å². The van der Waals surface area contributed by atoms with Gasteiger partial charge < -0.3 is 14.5 Å². The fraction of sp³-hybridized carbons (Fsp3) is 0.520. The maximum Gasteiger partial charge on any atom is 0.263 e. The number of anilines is 1. The molecule has 2 aromatic rings. The molecule has 0 aliphatic carbocycles. The fourth-order valence-corrected chi connectivity index (χ4v) is 5.21. The zero-order valence-electron chi connectivity index (χ0n) is 19.6. The molecular formula is C25H31N5O4. The lowest BCUT2D eigenvalue weighted by Gasteiger charge is -2.35. The molecule has 0 unspecified atom stereocenters. The first-order valence-electron chi connectivity index (χ1n) is 12.1. The van der Waals surface area contributed by atoms with E-state index in [1.807, 2.05) is 36.1 Å². The third-order valence-electron chi connectivity index (χ3n) is 7.17. The van der Waals surface area contributed by atoms with E-state index < -0.39 is 0 Å². The van der Waals surface area contributed by atoms with E-state index in [-0.39, 0.29) is 29.7 Å². The van der Waals surface area contributed by atoms with Gasteiger partial charge in [-0.25, -0.2) is 0 Å². The van der Waals surface area contributed by atoms with E-state index in [0.717, 1.165) is 31.4 Å². The van der Waals surface area contributed by atoms with Gasteiger partial charge in [0.2, 0.25) is 5.91 Å². The SMILES string of the molecule is CN(CCn1cccn1)C(=O)C1CCN(c2cccc3c2C(=O)N(C[C@@H]2CCCO2)C3=O)CC1. The zero-order chi connectivity index (χ0) is 23.7. The number of piperidine rings is 1. The number of nitrogens with zero attached hydrogens (tertiary/aromatic N) is 5. The zero-order valence-corrected chi connectivity index (χ0v) is 19.6. The summed E-state index contributed by atoms with van der Waals surface area (Å²) in [5.74, 6) is -0.355. The summed E-state index contributed by atoms with van der Waals surface area (Å²) in [6.45, 7) is 3.63. The van der Waals surface area contributed by atoms with E-state index >= 15 is 0 Å². The fourth-order valence-electron chi connectivity index (χ4n) is 5.21. The van der Waals surface area contributed by atoms with Gasteiger partial charge in [0.15, 0.2) is 0 Å². The Morgan fingerprint density at radius 1 is 1.15 bits per heavy atom. The van der Waals surface area contributed by atoms with E-state index in [9.17, 15) is 14.4 Å². The summed E-state index contributed by atoms with van der Waals surface area (Å²) in [7, 11) is 1.84. The third kappa shape index (κ3) is 4.32. The van der Waals surface area contributed by atoms with Gasteiger partial charge in [0.05, 0.1) is 36.0 Å². The summed E-state index contributed by atoms with van der Waals surface area (Å²) in [6.07, 6.45) is 6.83. The number of fused-ring (bicyclic) bond motifs is 1. The average molecular weight is 466 g/mol. The molecule has 0 bridgehead atoms. The van der Waals surface area contributed by atoms with Gasteiger partial charge in [-0.1, -0.05) is 6.07 Å². The molecule has 0 spiro atoms. The Morgan fingerprint density at radius 3 is 2.68 bits per heavy atom. The molecule has 3 aliphatic heterocycles. The molecule has 34 heavy (non-hydrogen) atoms. The molecule has 1 atom stereocenters. The minimum Gasteiger partial charge on any atom is -0.376 e. The molecule has 3 amide bonds. The normalized spacial score (nSPS) is 20.8. The quantitative estimate of drug-likeness (QED) is 0.582. The number of benzene rings is 1. The average Bonchev–Trinajstić information content (AvgIpc) is 3.62. The maximum atomic E-state index is 13.2. The standard InChI is InChI=1S/C25H31N5O4/c1-27(14-15-29-11-4-10-26-29)23(31)18-8-12-28(13-9-18)21-7-2-6-20-22(21)25(33)30(24(20)32)17-19-5-3-16-34-19/h2,4,6-7,10-11,18-19H,3,5,8-9,12-17H2,1H3/t19-/m0/s1. The molecule has 3 aliphatic rings. The highest BCUT2D eigenvalue weighted by Gasteiger charge is 2.40. The minimum absolute atomic E-state index is 0.0380. The van der Waals surface area contributed by atoms with Crippen molar-refractivity contribution in [3.05, 3.63) is 47.8 Å². The lowest BCUT2D eigenvalue weighted by molar-refractivity contribution is -0.135. The molecule has 2 fully saturated rings. The molecule has 1 aromatic heterocycles. The second kappa shape index (κ2) is 9.58. The van der Waals surface area contributed by atoms with Crippen LogP contribution in [-0.2, 0) is 16.1 Å². The van der Waals surface area contributed by atoms with Crippen LogP contribution < -0.4 is 4.90 Å². The van der Waals surface area contributed by atoms with Gasteiger partial charge in [-0.15, -0.1) is 0 Å². The summed E-state index contributed by atoms with van der Waals surface area (Å²) < 4.78 is 7.47. The number of carbonyl (C=O) groups is 3. The third-order valence-corrected chi connectivity index (χ3v) is 7.17. The molecule has 1 aromatic carbocycles. The van der Waals surface area contributed by atoms with Crippen molar-refractivity contribution >= 4 is 23.4 Å². The summed E-state index contributed by atoms with van der Waals surface area (Å²) in [4.78, 5) is 44.4. The van der Waals surface area contributed by atoms with Crippen LogP contribution in [-0.4, -0.2) is 83.2 Å². The highest BCUT2D eigenvalue weighted by atomic mass is 16.5. The highest BCUT2D eigenvalue weighted by Crippen LogP contribution is 2.34. The van der Waals surface area contributed by atoms with Crippen LogP contribution in [0.5, 0.6) is 0 Å². The predicted molar refractivity (Wildman–Crippen MR) is 126 cm³/mol. The Morgan fingerprint density at radius 2 is 1.97 bits per heavy atom. The second-order valence-corrected chi connectivity index (χ2v) is 9.35. The minimum atomic E-state index is -0.235. The van der Waals surface area contributed by atoms with E-state index in [1.54, 1.807) is 17.2 Å². The molecule has 2 saturated heterocycles. The Balaban J connectivity index is 1.22. The first kappa shape index (κ1) is 22.6. The van der Waals surface area contributed by atoms with Crippen molar-refractivity contribution in [2.45, 2.75) is 38.3 Å². The number of amides is 3. The number of rotatable bonds is 7. The van der Waals surface area contributed by atoms with E-state index in [2.05, 4.69) is 10.00 Å². The Bertz CT molecular complexity index is 1060. The lowest BCUT2D eigenvalue weighted by atomic mass is 9.94. The first-order chi connectivity index (χ1) is 16.5. The van der Waals surface area contributed by atoms with Gasteiger partial charge in [-0.3, -0.25) is 24.0 Å². The largest absolute Gasteiger partial charge is 0.376 e. The van der Waals surface area contributed by atoms with Crippen LogP contribution in [0.2, 0.25) is 0 Å². The summed E-state index contributed by atoms with van der Waals surface area (Å²) in [6, 6.07) is 7.37. The smallest absolute Gasteiger partial charge is 0.263 e. The number of aromatic nitrogens is 2. The van der Waals surface area contributed by atoms with Crippen molar-refractivity contribution in [2.75, 3.05) is 44.7 Å². The Hall–Kier alpha value is -3.20. The van der Waals surface area contributed by atoms with Gasteiger partial charge in [-0.05, 0) is 43.9 Å². The van der Waals surface area contributed by atoms with Gasteiger partial charge in [0.1, 0.15) is 0 Å². The lowest BCUT2D eigenvalue weighted by Crippen LogP contribution is -2.42. The van der Waals surface area contributed by atoms with Gasteiger partial charge >= 0.3 is 0 Å². The number of hydrogen-bond acceptors (Lipinski definition) is 6. The van der Waals surface area contributed by atoms with Crippen molar-refractivity contribution in [2.24, 2.45) is 5.92 Å². The molecule has 5 rings (SSSR count). The summed E-state index contributed by atoms with van der Waals surface area (Å²) >= 11 is 0. The molecule has 0 N–H and O–H groups in total. The molecule has 0 saturated carbocycles. The summed E-state index contributed by atoms with van der Waals surface area (Å²) in [5, 5.41) is 4.19. The molecule has 9 nitrogen and oxygen atoms in total. The van der Waals surface area contributed by atoms with Gasteiger partial charge in [0, 0.05) is 51.6 Å². The van der Waals surface area contributed by atoms with Crippen molar-refractivity contribution in [3.63, 3.8) is 0 Å². The molecule has 0 radical (unpaired) electrons. The number of ether oxygens (including phenoxy) is 1. The predicted octanol–water partition coefficient (Wildman–Crippen LogP) is 2.03. The topological polar surface area (TPSA) is 88.0 Å². The molecule has 9 heteroatoms. The summed E-state index contributed by atoms with van der Waals surface area (Å²) in [5.41, 5.74) is 1.76. The number of hydrogen-bond donors (Lipinski definition) is 0. The number of imide groups is 1. The van der Waals surface area contributed by atoms with Crippen LogP contribution in [0.3, 0.4) is 0 Å². The van der Waals surface area contributed by atoms with E-state index in [4.69, 9.17) is 4.74 Å². The first-order valence-corrected chi connectivity index (χ1v) is 12.1. The van der Waals surface area contributed by atoms with Crippen LogP contribution >= 0.6 is 0 Å². The maximum absolute atomic E-state index is 13.2. The molecule has 180 valence electrons.